The topological polar surface area (TPSA) is 54.5 Å². The van der Waals surface area contributed by atoms with E-state index in [1.165, 1.54) is 34.1 Å². The number of fused-ring (bicyclic) bond motifs is 1. The van der Waals surface area contributed by atoms with Crippen LogP contribution in [0, 0.1) is 0 Å². The van der Waals surface area contributed by atoms with Gasteiger partial charge in [-0.1, -0.05) is 36.4 Å². The maximum atomic E-state index is 12.7. The van der Waals surface area contributed by atoms with Gasteiger partial charge in [0.05, 0.1) is 4.90 Å². The highest BCUT2D eigenvalue weighted by Crippen LogP contribution is 2.25. The molecule has 4 nitrogen and oxygen atoms in total. The summed E-state index contributed by atoms with van der Waals surface area (Å²) in [6, 6.07) is 13.7. The number of carbonyl (C=O) groups is 1. The van der Waals surface area contributed by atoms with Crippen LogP contribution in [0.5, 0.6) is 0 Å². The molecule has 0 spiro atoms. The number of nitrogens with zero attached hydrogens (tertiary/aromatic N) is 1. The van der Waals surface area contributed by atoms with E-state index >= 15 is 0 Å². The Morgan fingerprint density at radius 2 is 1.77 bits per heavy atom. The lowest BCUT2D eigenvalue weighted by molar-refractivity contribution is 0.108. The Hall–Kier alpha value is -1.69. The fourth-order valence-corrected chi connectivity index (χ4v) is 4.19. The molecule has 0 aromatic heterocycles. The first kappa shape index (κ1) is 15.2. The highest BCUT2D eigenvalue weighted by atomic mass is 35.5. The maximum absolute atomic E-state index is 12.7. The van der Waals surface area contributed by atoms with Gasteiger partial charge in [-0.15, -0.1) is 0 Å². The van der Waals surface area contributed by atoms with Crippen LogP contribution in [0.3, 0.4) is 0 Å². The summed E-state index contributed by atoms with van der Waals surface area (Å²) in [5.41, 5.74) is 2.38. The first-order valence-corrected chi connectivity index (χ1v) is 8.67. The molecule has 0 bridgehead atoms. The molecule has 0 unspecified atom stereocenters. The second-order valence-electron chi connectivity index (χ2n) is 5.16. The first-order chi connectivity index (χ1) is 10.5. The van der Waals surface area contributed by atoms with Gasteiger partial charge in [-0.25, -0.2) is 8.42 Å². The van der Waals surface area contributed by atoms with E-state index < -0.39 is 15.3 Å². The molecule has 0 atom stereocenters. The van der Waals surface area contributed by atoms with Gasteiger partial charge in [0, 0.05) is 18.7 Å². The molecule has 0 amide bonds. The zero-order valence-electron chi connectivity index (χ0n) is 11.7. The number of hydrogen-bond donors (Lipinski definition) is 0. The monoisotopic (exact) mass is 335 g/mol. The van der Waals surface area contributed by atoms with E-state index in [0.29, 0.717) is 19.5 Å². The van der Waals surface area contributed by atoms with Crippen molar-refractivity contribution in [2.75, 3.05) is 6.54 Å². The molecule has 114 valence electrons. The molecule has 0 radical (unpaired) electrons. The van der Waals surface area contributed by atoms with Gasteiger partial charge >= 0.3 is 0 Å². The third-order valence-corrected chi connectivity index (χ3v) is 5.85. The minimum Gasteiger partial charge on any atom is -0.276 e. The minimum absolute atomic E-state index is 0.0957. The fourth-order valence-electron chi connectivity index (χ4n) is 2.60. The molecule has 1 aliphatic heterocycles. The minimum atomic E-state index is -3.64. The predicted molar refractivity (Wildman–Crippen MR) is 84.4 cm³/mol. The number of rotatable bonds is 3. The maximum Gasteiger partial charge on any atom is 0.252 e. The Morgan fingerprint density at radius 1 is 1.05 bits per heavy atom. The molecular weight excluding hydrogens is 322 g/mol. The molecular formula is C16H14ClNO3S. The highest BCUT2D eigenvalue weighted by Gasteiger charge is 2.28. The summed E-state index contributed by atoms with van der Waals surface area (Å²) in [5, 5.41) is -0.666. The van der Waals surface area contributed by atoms with Crippen LogP contribution in [-0.2, 0) is 23.0 Å². The first-order valence-electron chi connectivity index (χ1n) is 6.85. The summed E-state index contributed by atoms with van der Waals surface area (Å²) >= 11 is 5.43. The molecule has 2 aromatic rings. The van der Waals surface area contributed by atoms with Gasteiger partial charge in [-0.2, -0.15) is 4.31 Å². The summed E-state index contributed by atoms with van der Waals surface area (Å²) in [5.74, 6) is 0. The molecule has 0 aliphatic carbocycles. The van der Waals surface area contributed by atoms with E-state index in [0.717, 1.165) is 5.56 Å². The SMILES string of the molecule is O=C(Cl)c1cccc(S(=O)(=O)N2CCc3ccccc3C2)c1. The van der Waals surface area contributed by atoms with E-state index in [9.17, 15) is 13.2 Å². The average molecular weight is 336 g/mol. The molecule has 3 rings (SSSR count). The van der Waals surface area contributed by atoms with Crippen LogP contribution >= 0.6 is 11.6 Å². The van der Waals surface area contributed by atoms with Gasteiger partial charge in [-0.3, -0.25) is 4.79 Å². The standard InChI is InChI=1S/C16H14ClNO3S/c17-16(19)13-6-3-7-15(10-13)22(20,21)18-9-8-12-4-1-2-5-14(12)11-18/h1-7,10H,8-9,11H2. The number of benzene rings is 2. The van der Waals surface area contributed by atoms with Gasteiger partial charge in [0.2, 0.25) is 10.0 Å². The van der Waals surface area contributed by atoms with Crippen molar-refractivity contribution >= 4 is 26.9 Å². The fraction of sp³-hybridized carbons (Fsp3) is 0.188. The Balaban J connectivity index is 1.94. The van der Waals surface area contributed by atoms with Crippen LogP contribution in [0.25, 0.3) is 0 Å². The van der Waals surface area contributed by atoms with Crippen LogP contribution in [0.1, 0.15) is 21.5 Å². The Morgan fingerprint density at radius 3 is 2.50 bits per heavy atom. The predicted octanol–water partition coefficient (Wildman–Crippen LogP) is 2.81. The van der Waals surface area contributed by atoms with Gasteiger partial charge in [0.25, 0.3) is 5.24 Å². The number of carbonyl (C=O) groups excluding carboxylic acids is 1. The van der Waals surface area contributed by atoms with Crippen LogP contribution in [0.4, 0.5) is 0 Å². The molecule has 1 aliphatic rings. The van der Waals surface area contributed by atoms with Crippen molar-refractivity contribution in [3.05, 3.63) is 65.2 Å². The summed E-state index contributed by atoms with van der Waals surface area (Å²) < 4.78 is 26.9. The van der Waals surface area contributed by atoms with Gasteiger partial charge < -0.3 is 0 Å². The molecule has 0 N–H and O–H groups in total. The highest BCUT2D eigenvalue weighted by molar-refractivity contribution is 7.89. The Kier molecular flexibility index (Phi) is 4.04. The van der Waals surface area contributed by atoms with Crippen LogP contribution in [0.2, 0.25) is 0 Å². The van der Waals surface area contributed by atoms with E-state index in [-0.39, 0.29) is 10.5 Å². The average Bonchev–Trinajstić information content (AvgIpc) is 2.54. The Bertz CT molecular complexity index is 833. The van der Waals surface area contributed by atoms with Crippen LogP contribution in [-0.4, -0.2) is 24.5 Å². The largest absolute Gasteiger partial charge is 0.276 e. The summed E-state index contributed by atoms with van der Waals surface area (Å²) in [6.07, 6.45) is 0.684. The van der Waals surface area contributed by atoms with Gasteiger partial charge in [0.1, 0.15) is 0 Å². The number of hydrogen-bond acceptors (Lipinski definition) is 3. The smallest absolute Gasteiger partial charge is 0.252 e. The zero-order chi connectivity index (χ0) is 15.7. The third-order valence-electron chi connectivity index (χ3n) is 3.79. The summed E-state index contributed by atoms with van der Waals surface area (Å²) in [6.45, 7) is 0.774. The summed E-state index contributed by atoms with van der Waals surface area (Å²) in [4.78, 5) is 11.3. The number of sulfonamides is 1. The second kappa shape index (κ2) is 5.83. The van der Waals surface area contributed by atoms with Crippen LogP contribution < -0.4 is 0 Å². The lowest BCUT2D eigenvalue weighted by Gasteiger charge is -2.28. The lowest BCUT2D eigenvalue weighted by atomic mass is 10.0. The lowest BCUT2D eigenvalue weighted by Crippen LogP contribution is -2.36. The van der Waals surface area contributed by atoms with E-state index in [1.807, 2.05) is 24.3 Å². The van der Waals surface area contributed by atoms with Crippen molar-refractivity contribution in [2.24, 2.45) is 0 Å². The normalized spacial score (nSPS) is 15.3. The van der Waals surface area contributed by atoms with Crippen molar-refractivity contribution in [3.8, 4) is 0 Å². The molecule has 22 heavy (non-hydrogen) atoms. The molecule has 0 fully saturated rings. The molecule has 6 heteroatoms. The number of halogens is 1. The van der Waals surface area contributed by atoms with Crippen molar-refractivity contribution in [1.29, 1.82) is 0 Å². The summed E-state index contributed by atoms with van der Waals surface area (Å²) in [7, 11) is -3.64. The quantitative estimate of drug-likeness (QED) is 0.810. The van der Waals surface area contributed by atoms with Crippen LogP contribution in [0.15, 0.2) is 53.4 Å². The van der Waals surface area contributed by atoms with Gasteiger partial charge in [-0.05, 0) is 41.3 Å². The van der Waals surface area contributed by atoms with Crippen molar-refractivity contribution in [3.63, 3.8) is 0 Å². The second-order valence-corrected chi connectivity index (χ2v) is 7.44. The van der Waals surface area contributed by atoms with E-state index in [2.05, 4.69) is 0 Å². The molecule has 0 saturated heterocycles. The van der Waals surface area contributed by atoms with Gasteiger partial charge in [0.15, 0.2) is 0 Å². The zero-order valence-corrected chi connectivity index (χ0v) is 13.3. The van der Waals surface area contributed by atoms with Crippen molar-refractivity contribution in [1.82, 2.24) is 4.31 Å². The molecule has 0 saturated carbocycles. The molecule has 2 aromatic carbocycles. The third kappa shape index (κ3) is 2.79. The van der Waals surface area contributed by atoms with E-state index in [1.54, 1.807) is 0 Å². The Labute approximate surface area is 134 Å². The molecule has 1 heterocycles. The van der Waals surface area contributed by atoms with E-state index in [4.69, 9.17) is 11.6 Å². The van der Waals surface area contributed by atoms with Crippen molar-refractivity contribution in [2.45, 2.75) is 17.9 Å². The van der Waals surface area contributed by atoms with Crippen molar-refractivity contribution < 1.29 is 13.2 Å².